The van der Waals surface area contributed by atoms with Crippen molar-refractivity contribution >= 4 is 23.2 Å². The van der Waals surface area contributed by atoms with Crippen LogP contribution in [-0.4, -0.2) is 34.2 Å². The zero-order valence-corrected chi connectivity index (χ0v) is 13.2. The van der Waals surface area contributed by atoms with Crippen molar-refractivity contribution in [1.82, 2.24) is 20.4 Å². The normalized spacial score (nSPS) is 11.0. The molecule has 122 valence electrons. The summed E-state index contributed by atoms with van der Waals surface area (Å²) in [4.78, 5) is 11.9. The summed E-state index contributed by atoms with van der Waals surface area (Å²) < 4.78 is 6.92. The molecule has 1 aromatic heterocycles. The van der Waals surface area contributed by atoms with Crippen molar-refractivity contribution in [1.29, 1.82) is 0 Å². The third kappa shape index (κ3) is 3.57. The lowest BCUT2D eigenvalue weighted by Crippen LogP contribution is -2.19. The monoisotopic (exact) mass is 323 g/mol. The van der Waals surface area contributed by atoms with Crippen LogP contribution in [0.5, 0.6) is 5.75 Å². The minimum atomic E-state index is -0.194. The zero-order chi connectivity index (χ0) is 16.8. The molecule has 1 N–H and O–H groups in total. The van der Waals surface area contributed by atoms with E-state index in [2.05, 4.69) is 20.8 Å². The number of para-hydroxylation sites is 2. The van der Waals surface area contributed by atoms with Gasteiger partial charge in [-0.25, -0.2) is 10.1 Å². The summed E-state index contributed by atoms with van der Waals surface area (Å²) in [6.07, 6.45) is 1.82. The molecule has 1 amide bonds. The van der Waals surface area contributed by atoms with Crippen LogP contribution in [0.1, 0.15) is 12.0 Å². The number of hydrazone groups is 1. The van der Waals surface area contributed by atoms with Crippen molar-refractivity contribution in [2.75, 3.05) is 7.11 Å². The Morgan fingerprint density at radius 2 is 2.04 bits per heavy atom. The Kier molecular flexibility index (Phi) is 4.81. The van der Waals surface area contributed by atoms with E-state index < -0.39 is 0 Å². The Bertz CT molecular complexity index is 872. The van der Waals surface area contributed by atoms with Crippen LogP contribution in [0.2, 0.25) is 0 Å². The number of carbonyl (C=O) groups is 1. The number of aryl methyl sites for hydroxylation is 1. The molecule has 0 bridgehead atoms. The molecular weight excluding hydrogens is 306 g/mol. The highest BCUT2D eigenvalue weighted by Gasteiger charge is 2.06. The molecule has 3 aromatic rings. The van der Waals surface area contributed by atoms with Crippen LogP contribution >= 0.6 is 0 Å². The lowest BCUT2D eigenvalue weighted by Gasteiger charge is -2.04. The smallest absolute Gasteiger partial charge is 0.241 e. The molecule has 3 rings (SSSR count). The number of hydrogen-bond acceptors (Lipinski definition) is 5. The third-order valence-electron chi connectivity index (χ3n) is 3.50. The lowest BCUT2D eigenvalue weighted by atomic mass is 10.2. The third-order valence-corrected chi connectivity index (χ3v) is 3.50. The van der Waals surface area contributed by atoms with Gasteiger partial charge in [0.15, 0.2) is 0 Å². The van der Waals surface area contributed by atoms with Crippen LogP contribution in [0.15, 0.2) is 53.6 Å². The van der Waals surface area contributed by atoms with Crippen molar-refractivity contribution in [3.05, 3.63) is 54.1 Å². The Morgan fingerprint density at radius 1 is 1.25 bits per heavy atom. The molecule has 0 fully saturated rings. The molecule has 0 aliphatic rings. The SMILES string of the molecule is COc1ccccc1/C=N/NC(=O)CCn1nnc2ccccc21. The van der Waals surface area contributed by atoms with Gasteiger partial charge in [0.2, 0.25) is 5.91 Å². The highest BCUT2D eigenvalue weighted by Crippen LogP contribution is 2.14. The standard InChI is InChI=1S/C17H17N5O2/c1-24-16-9-5-2-6-13(16)12-18-20-17(23)10-11-22-15-8-4-3-7-14(15)19-21-22/h2-9,12H,10-11H2,1H3,(H,20,23)/b18-12+. The van der Waals surface area contributed by atoms with Crippen molar-refractivity contribution in [3.63, 3.8) is 0 Å². The number of rotatable bonds is 6. The predicted octanol–water partition coefficient (Wildman–Crippen LogP) is 1.98. The minimum Gasteiger partial charge on any atom is -0.496 e. The second kappa shape index (κ2) is 7.36. The maximum atomic E-state index is 11.9. The van der Waals surface area contributed by atoms with Gasteiger partial charge in [-0.2, -0.15) is 5.10 Å². The van der Waals surface area contributed by atoms with Crippen molar-refractivity contribution < 1.29 is 9.53 Å². The zero-order valence-electron chi connectivity index (χ0n) is 13.2. The molecule has 7 heteroatoms. The van der Waals surface area contributed by atoms with Gasteiger partial charge in [-0.05, 0) is 24.3 Å². The topological polar surface area (TPSA) is 81.4 Å². The fraction of sp³-hybridized carbons (Fsp3) is 0.176. The number of benzene rings is 2. The highest BCUT2D eigenvalue weighted by molar-refractivity contribution is 5.85. The number of fused-ring (bicyclic) bond motifs is 1. The number of methoxy groups -OCH3 is 1. The molecule has 0 saturated carbocycles. The quantitative estimate of drug-likeness (QED) is 0.555. The van der Waals surface area contributed by atoms with E-state index in [0.717, 1.165) is 16.6 Å². The van der Waals surface area contributed by atoms with E-state index in [4.69, 9.17) is 4.74 Å². The average molecular weight is 323 g/mol. The van der Waals surface area contributed by atoms with Gasteiger partial charge in [0, 0.05) is 12.0 Å². The van der Waals surface area contributed by atoms with Crippen molar-refractivity contribution in [2.24, 2.45) is 5.10 Å². The fourth-order valence-electron chi connectivity index (χ4n) is 2.29. The molecule has 0 aliphatic carbocycles. The molecule has 0 atom stereocenters. The van der Waals surface area contributed by atoms with Crippen LogP contribution in [0.25, 0.3) is 11.0 Å². The van der Waals surface area contributed by atoms with Crippen molar-refractivity contribution in [2.45, 2.75) is 13.0 Å². The molecule has 0 aliphatic heterocycles. The first kappa shape index (κ1) is 15.7. The van der Waals surface area contributed by atoms with Crippen molar-refractivity contribution in [3.8, 4) is 5.75 Å². The van der Waals surface area contributed by atoms with Crippen LogP contribution in [-0.2, 0) is 11.3 Å². The summed E-state index contributed by atoms with van der Waals surface area (Å²) in [6.45, 7) is 0.441. The maximum absolute atomic E-state index is 11.9. The van der Waals surface area contributed by atoms with Gasteiger partial charge in [0.1, 0.15) is 11.3 Å². The van der Waals surface area contributed by atoms with Crippen LogP contribution < -0.4 is 10.2 Å². The summed E-state index contributed by atoms with van der Waals surface area (Å²) >= 11 is 0. The van der Waals surface area contributed by atoms with E-state index in [9.17, 15) is 4.79 Å². The van der Waals surface area contributed by atoms with Gasteiger partial charge in [0.25, 0.3) is 0 Å². The van der Waals surface area contributed by atoms with E-state index in [1.165, 1.54) is 0 Å². The Balaban J connectivity index is 1.55. The molecule has 0 spiro atoms. The number of ether oxygens (including phenoxy) is 1. The van der Waals surface area contributed by atoms with Gasteiger partial charge in [-0.15, -0.1) is 5.10 Å². The number of aromatic nitrogens is 3. The second-order valence-electron chi connectivity index (χ2n) is 5.09. The molecule has 0 radical (unpaired) electrons. The molecule has 2 aromatic carbocycles. The van der Waals surface area contributed by atoms with Gasteiger partial charge in [-0.3, -0.25) is 4.79 Å². The summed E-state index contributed by atoms with van der Waals surface area (Å²) in [5, 5.41) is 12.1. The number of amides is 1. The van der Waals surface area contributed by atoms with E-state index in [0.29, 0.717) is 12.3 Å². The first-order valence-corrected chi connectivity index (χ1v) is 7.51. The number of carbonyl (C=O) groups excluding carboxylic acids is 1. The first-order chi connectivity index (χ1) is 11.8. The number of nitrogens with zero attached hydrogens (tertiary/aromatic N) is 4. The maximum Gasteiger partial charge on any atom is 0.241 e. The van der Waals surface area contributed by atoms with Crippen LogP contribution in [0, 0.1) is 0 Å². The Labute approximate surface area is 138 Å². The van der Waals surface area contributed by atoms with Crippen LogP contribution in [0.3, 0.4) is 0 Å². The molecule has 24 heavy (non-hydrogen) atoms. The van der Waals surface area contributed by atoms with Gasteiger partial charge in [0.05, 0.1) is 25.4 Å². The summed E-state index contributed by atoms with van der Waals surface area (Å²) in [7, 11) is 1.59. The Morgan fingerprint density at radius 3 is 2.92 bits per heavy atom. The Hall–Kier alpha value is -3.22. The number of nitrogens with one attached hydrogen (secondary N) is 1. The first-order valence-electron chi connectivity index (χ1n) is 7.51. The number of hydrogen-bond donors (Lipinski definition) is 1. The summed E-state index contributed by atoms with van der Waals surface area (Å²) in [5.41, 5.74) is 5.02. The largest absolute Gasteiger partial charge is 0.496 e. The van der Waals surface area contributed by atoms with E-state index in [1.807, 2.05) is 48.5 Å². The molecule has 7 nitrogen and oxygen atoms in total. The van der Waals surface area contributed by atoms with Crippen LogP contribution in [0.4, 0.5) is 0 Å². The fourth-order valence-corrected chi connectivity index (χ4v) is 2.29. The molecule has 0 saturated heterocycles. The van der Waals surface area contributed by atoms with Gasteiger partial charge >= 0.3 is 0 Å². The molecule has 0 unspecified atom stereocenters. The minimum absolute atomic E-state index is 0.194. The summed E-state index contributed by atoms with van der Waals surface area (Å²) in [6, 6.07) is 15.1. The average Bonchev–Trinajstić information content (AvgIpc) is 3.03. The van der Waals surface area contributed by atoms with E-state index in [1.54, 1.807) is 18.0 Å². The predicted molar refractivity (Wildman–Crippen MR) is 90.9 cm³/mol. The molecule has 1 heterocycles. The second-order valence-corrected chi connectivity index (χ2v) is 5.09. The van der Waals surface area contributed by atoms with Gasteiger partial charge < -0.3 is 4.74 Å². The van der Waals surface area contributed by atoms with E-state index in [-0.39, 0.29) is 12.3 Å². The lowest BCUT2D eigenvalue weighted by molar-refractivity contribution is -0.121. The van der Waals surface area contributed by atoms with E-state index >= 15 is 0 Å². The molecular formula is C17H17N5O2. The summed E-state index contributed by atoms with van der Waals surface area (Å²) in [5.74, 6) is 0.505. The van der Waals surface area contributed by atoms with Gasteiger partial charge in [-0.1, -0.05) is 29.5 Å². The highest BCUT2D eigenvalue weighted by atomic mass is 16.5.